The van der Waals surface area contributed by atoms with E-state index in [1.807, 2.05) is 45.2 Å². The number of aromatic amines is 1. The van der Waals surface area contributed by atoms with Crippen molar-refractivity contribution in [3.8, 4) is 0 Å². The van der Waals surface area contributed by atoms with E-state index in [0.717, 1.165) is 16.5 Å². The van der Waals surface area contributed by atoms with Crippen LogP contribution in [0.1, 0.15) is 26.3 Å². The number of aromatic nitrogens is 1. The quantitative estimate of drug-likeness (QED) is 0.878. The Morgan fingerprint density at radius 2 is 2.16 bits per heavy atom. The lowest BCUT2D eigenvalue weighted by atomic mass is 10.2. The minimum atomic E-state index is -0.492. The number of nitrogens with one attached hydrogen (secondary N) is 2. The van der Waals surface area contributed by atoms with Crippen molar-refractivity contribution in [2.45, 2.75) is 32.9 Å². The largest absolute Gasteiger partial charge is 0.444 e. The van der Waals surface area contributed by atoms with Crippen molar-refractivity contribution >= 4 is 28.6 Å². The second-order valence-corrected chi connectivity index (χ2v) is 5.80. The minimum absolute atomic E-state index is 0.398. The molecule has 5 heteroatoms. The fourth-order valence-corrected chi connectivity index (χ4v) is 1.95. The van der Waals surface area contributed by atoms with Gasteiger partial charge >= 0.3 is 6.09 Å². The van der Waals surface area contributed by atoms with E-state index in [0.29, 0.717) is 11.6 Å². The molecule has 2 N–H and O–H groups in total. The molecule has 1 heterocycles. The summed E-state index contributed by atoms with van der Waals surface area (Å²) in [5, 5.41) is 4.40. The monoisotopic (exact) mass is 280 g/mol. The van der Waals surface area contributed by atoms with Crippen LogP contribution in [0.4, 0.5) is 4.79 Å². The molecule has 0 radical (unpaired) electrons. The van der Waals surface area contributed by atoms with Crippen molar-refractivity contribution < 1.29 is 9.53 Å². The number of H-pyrrole nitrogens is 1. The first-order valence-electron chi connectivity index (χ1n) is 6.07. The number of benzene rings is 1. The van der Waals surface area contributed by atoms with E-state index in [4.69, 9.17) is 16.3 Å². The van der Waals surface area contributed by atoms with E-state index >= 15 is 0 Å². The van der Waals surface area contributed by atoms with Crippen LogP contribution in [0.2, 0.25) is 5.02 Å². The van der Waals surface area contributed by atoms with E-state index in [-0.39, 0.29) is 0 Å². The molecule has 102 valence electrons. The van der Waals surface area contributed by atoms with Gasteiger partial charge in [-0.25, -0.2) is 4.79 Å². The average molecular weight is 281 g/mol. The maximum atomic E-state index is 11.6. The van der Waals surface area contributed by atoms with Gasteiger partial charge in [-0.2, -0.15) is 0 Å². The number of alkyl carbamates (subject to hydrolysis) is 1. The van der Waals surface area contributed by atoms with Gasteiger partial charge in [-0.15, -0.1) is 0 Å². The fraction of sp³-hybridized carbons (Fsp3) is 0.357. The van der Waals surface area contributed by atoms with Crippen molar-refractivity contribution in [2.24, 2.45) is 0 Å². The molecule has 0 bridgehead atoms. The molecule has 0 saturated heterocycles. The van der Waals surface area contributed by atoms with Gasteiger partial charge < -0.3 is 15.0 Å². The Morgan fingerprint density at radius 1 is 1.42 bits per heavy atom. The van der Waals surface area contributed by atoms with Crippen LogP contribution in [0.25, 0.3) is 10.9 Å². The molecule has 0 saturated carbocycles. The van der Waals surface area contributed by atoms with E-state index in [1.165, 1.54) is 0 Å². The first-order chi connectivity index (χ1) is 8.85. The highest BCUT2D eigenvalue weighted by Crippen LogP contribution is 2.22. The summed E-state index contributed by atoms with van der Waals surface area (Å²) in [5.41, 5.74) is 1.47. The second kappa shape index (κ2) is 5.13. The van der Waals surface area contributed by atoms with Crippen LogP contribution >= 0.6 is 11.6 Å². The number of ether oxygens (including phenoxy) is 1. The number of fused-ring (bicyclic) bond motifs is 1. The Bertz CT molecular complexity index is 599. The summed E-state index contributed by atoms with van der Waals surface area (Å²) in [7, 11) is 0. The van der Waals surface area contributed by atoms with Gasteiger partial charge in [0.1, 0.15) is 5.60 Å². The summed E-state index contributed by atoms with van der Waals surface area (Å²) in [6.45, 7) is 5.89. The van der Waals surface area contributed by atoms with E-state index in [1.54, 1.807) is 0 Å². The normalized spacial score (nSPS) is 11.6. The Balaban J connectivity index is 2.06. The van der Waals surface area contributed by atoms with Crippen LogP contribution < -0.4 is 5.32 Å². The van der Waals surface area contributed by atoms with Gasteiger partial charge in [0.2, 0.25) is 0 Å². The summed E-state index contributed by atoms with van der Waals surface area (Å²) in [6, 6.07) is 5.61. The Kier molecular flexibility index (Phi) is 3.71. The van der Waals surface area contributed by atoms with Gasteiger partial charge in [-0.3, -0.25) is 0 Å². The topological polar surface area (TPSA) is 54.1 Å². The van der Waals surface area contributed by atoms with E-state index in [9.17, 15) is 4.79 Å². The maximum Gasteiger partial charge on any atom is 0.407 e. The zero-order valence-corrected chi connectivity index (χ0v) is 12.0. The highest BCUT2D eigenvalue weighted by Gasteiger charge is 2.16. The van der Waals surface area contributed by atoms with Crippen LogP contribution in [0, 0.1) is 0 Å². The third-order valence-corrected chi connectivity index (χ3v) is 2.79. The predicted molar refractivity (Wildman–Crippen MR) is 76.4 cm³/mol. The first-order valence-corrected chi connectivity index (χ1v) is 6.45. The van der Waals surface area contributed by atoms with Gasteiger partial charge in [-0.1, -0.05) is 11.6 Å². The number of carbonyl (C=O) groups excluding carboxylic acids is 1. The summed E-state index contributed by atoms with van der Waals surface area (Å²) >= 11 is 5.97. The smallest absolute Gasteiger partial charge is 0.407 e. The Morgan fingerprint density at radius 3 is 2.84 bits per heavy atom. The molecule has 1 aromatic carbocycles. The number of hydrogen-bond acceptors (Lipinski definition) is 2. The standard InChI is InChI=1S/C14H17ClN2O2/c1-14(2,3)19-13(18)17-8-9-7-16-12-5-4-10(15)6-11(9)12/h4-7,16H,8H2,1-3H3,(H,17,18). The third kappa shape index (κ3) is 3.64. The second-order valence-electron chi connectivity index (χ2n) is 5.36. The lowest BCUT2D eigenvalue weighted by molar-refractivity contribution is 0.0524. The molecule has 1 aromatic heterocycles. The molecule has 0 spiro atoms. The van der Waals surface area contributed by atoms with Crippen LogP contribution in [-0.2, 0) is 11.3 Å². The van der Waals surface area contributed by atoms with Gasteiger partial charge in [0.25, 0.3) is 0 Å². The van der Waals surface area contributed by atoms with E-state index in [2.05, 4.69) is 10.3 Å². The highest BCUT2D eigenvalue weighted by molar-refractivity contribution is 6.31. The average Bonchev–Trinajstić information content (AvgIpc) is 2.66. The summed E-state index contributed by atoms with van der Waals surface area (Å²) in [6.07, 6.45) is 1.43. The molecule has 2 rings (SSSR count). The molecule has 0 fully saturated rings. The molecular formula is C14H17ClN2O2. The van der Waals surface area contributed by atoms with Crippen LogP contribution in [0.5, 0.6) is 0 Å². The van der Waals surface area contributed by atoms with Crippen molar-refractivity contribution in [3.05, 3.63) is 35.0 Å². The molecule has 4 nitrogen and oxygen atoms in total. The molecular weight excluding hydrogens is 264 g/mol. The maximum absolute atomic E-state index is 11.6. The highest BCUT2D eigenvalue weighted by atomic mass is 35.5. The molecule has 0 aliphatic carbocycles. The van der Waals surface area contributed by atoms with Gasteiger partial charge in [-0.05, 0) is 44.5 Å². The Labute approximate surface area is 117 Å². The predicted octanol–water partition coefficient (Wildman–Crippen LogP) is 3.85. The van der Waals surface area contributed by atoms with Gasteiger partial charge in [0.15, 0.2) is 0 Å². The third-order valence-electron chi connectivity index (χ3n) is 2.55. The molecule has 0 aliphatic rings. The van der Waals surface area contributed by atoms with Crippen LogP contribution in [0.3, 0.4) is 0 Å². The number of rotatable bonds is 2. The molecule has 0 unspecified atom stereocenters. The van der Waals surface area contributed by atoms with Crippen molar-refractivity contribution in [2.75, 3.05) is 0 Å². The Hall–Kier alpha value is -1.68. The number of carbonyl (C=O) groups is 1. The zero-order valence-electron chi connectivity index (χ0n) is 11.2. The lowest BCUT2D eigenvalue weighted by Gasteiger charge is -2.19. The van der Waals surface area contributed by atoms with Gasteiger partial charge in [0.05, 0.1) is 0 Å². The number of amides is 1. The fourth-order valence-electron chi connectivity index (χ4n) is 1.78. The SMILES string of the molecule is CC(C)(C)OC(=O)NCc1c[nH]c2ccc(Cl)cc12. The first kappa shape index (κ1) is 13.7. The van der Waals surface area contributed by atoms with Crippen LogP contribution in [0.15, 0.2) is 24.4 Å². The molecule has 1 amide bonds. The zero-order chi connectivity index (χ0) is 14.0. The minimum Gasteiger partial charge on any atom is -0.444 e. The van der Waals surface area contributed by atoms with Crippen LogP contribution in [-0.4, -0.2) is 16.7 Å². The molecule has 19 heavy (non-hydrogen) atoms. The lowest BCUT2D eigenvalue weighted by Crippen LogP contribution is -2.32. The molecule has 0 aliphatic heterocycles. The van der Waals surface area contributed by atoms with Crippen molar-refractivity contribution in [1.29, 1.82) is 0 Å². The van der Waals surface area contributed by atoms with E-state index < -0.39 is 11.7 Å². The van der Waals surface area contributed by atoms with Crippen molar-refractivity contribution in [1.82, 2.24) is 10.3 Å². The van der Waals surface area contributed by atoms with Crippen molar-refractivity contribution in [3.63, 3.8) is 0 Å². The summed E-state index contributed by atoms with van der Waals surface area (Å²) in [5.74, 6) is 0. The number of halogens is 1. The number of hydrogen-bond donors (Lipinski definition) is 2. The molecule has 0 atom stereocenters. The summed E-state index contributed by atoms with van der Waals surface area (Å²) in [4.78, 5) is 14.7. The summed E-state index contributed by atoms with van der Waals surface area (Å²) < 4.78 is 5.19. The van der Waals surface area contributed by atoms with Gasteiger partial charge in [0, 0.05) is 28.7 Å². The molecule has 2 aromatic rings.